The Kier molecular flexibility index (Phi) is 5.64. The molecule has 0 spiro atoms. The minimum absolute atomic E-state index is 0.0257. The van der Waals surface area contributed by atoms with Crippen molar-refractivity contribution in [3.8, 4) is 5.75 Å². The van der Waals surface area contributed by atoms with E-state index in [1.807, 2.05) is 53.4 Å². The summed E-state index contributed by atoms with van der Waals surface area (Å²) in [6, 6.07) is 30.7. The third kappa shape index (κ3) is 3.99. The Labute approximate surface area is 189 Å². The molecule has 3 nitrogen and oxygen atoms in total. The van der Waals surface area contributed by atoms with Crippen LogP contribution in [0.5, 0.6) is 5.75 Å². The number of ether oxygens (including phenoxy) is 1. The van der Waals surface area contributed by atoms with Crippen molar-refractivity contribution in [1.82, 2.24) is 4.90 Å². The van der Waals surface area contributed by atoms with Gasteiger partial charge in [-0.3, -0.25) is 4.79 Å². The molecule has 0 N–H and O–H groups in total. The summed E-state index contributed by atoms with van der Waals surface area (Å²) in [6.45, 7) is 3.21. The number of hydrogen-bond acceptors (Lipinski definition) is 2. The van der Waals surface area contributed by atoms with E-state index in [2.05, 4.69) is 49.4 Å². The number of aryl methyl sites for hydroxylation is 1. The SMILES string of the molecule is CCc1ccc(OC[C@@H]2Cc3ccccc3CN2C(=O)c2cccc3ccccc23)cc1. The zero-order chi connectivity index (χ0) is 21.9. The Morgan fingerprint density at radius 3 is 2.41 bits per heavy atom. The molecule has 32 heavy (non-hydrogen) atoms. The van der Waals surface area contributed by atoms with Gasteiger partial charge >= 0.3 is 0 Å². The summed E-state index contributed by atoms with van der Waals surface area (Å²) >= 11 is 0. The molecule has 5 rings (SSSR count). The molecule has 0 aromatic heterocycles. The minimum atomic E-state index is -0.0257. The van der Waals surface area contributed by atoms with E-state index in [0.29, 0.717) is 13.2 Å². The number of hydrogen-bond donors (Lipinski definition) is 0. The molecule has 0 saturated heterocycles. The average Bonchev–Trinajstić information content (AvgIpc) is 2.86. The van der Waals surface area contributed by atoms with Crippen LogP contribution in [0.1, 0.15) is 34.0 Å². The van der Waals surface area contributed by atoms with Crippen LogP contribution < -0.4 is 4.74 Å². The van der Waals surface area contributed by atoms with Gasteiger partial charge in [0.25, 0.3) is 5.91 Å². The van der Waals surface area contributed by atoms with Gasteiger partial charge in [0.15, 0.2) is 0 Å². The molecule has 1 aliphatic heterocycles. The molecule has 0 saturated carbocycles. The van der Waals surface area contributed by atoms with Crippen molar-refractivity contribution in [3.05, 3.63) is 113 Å². The minimum Gasteiger partial charge on any atom is -0.491 e. The van der Waals surface area contributed by atoms with Crippen molar-refractivity contribution in [2.24, 2.45) is 0 Å². The van der Waals surface area contributed by atoms with Gasteiger partial charge in [-0.05, 0) is 58.5 Å². The molecule has 1 amide bonds. The zero-order valence-electron chi connectivity index (χ0n) is 18.3. The highest BCUT2D eigenvalue weighted by Gasteiger charge is 2.31. The predicted octanol–water partition coefficient (Wildman–Crippen LogP) is 6.05. The van der Waals surface area contributed by atoms with Gasteiger partial charge in [-0.25, -0.2) is 0 Å². The van der Waals surface area contributed by atoms with E-state index in [1.165, 1.54) is 16.7 Å². The number of fused-ring (bicyclic) bond motifs is 2. The predicted molar refractivity (Wildman–Crippen MR) is 129 cm³/mol. The molecule has 0 radical (unpaired) electrons. The smallest absolute Gasteiger partial charge is 0.255 e. The standard InChI is InChI=1S/C29H27NO2/c1-2-21-14-16-26(17-15-21)32-20-25-18-23-9-3-4-10-24(23)19-30(25)29(31)28-13-7-11-22-8-5-6-12-27(22)28/h3-17,25H,2,18-20H2,1H3/t25-/m0/s1. The summed E-state index contributed by atoms with van der Waals surface area (Å²) in [5.74, 6) is 0.907. The molecule has 1 atom stereocenters. The molecular formula is C29H27NO2. The van der Waals surface area contributed by atoms with Gasteiger partial charge in [0.1, 0.15) is 12.4 Å². The third-order valence-corrected chi connectivity index (χ3v) is 6.41. The van der Waals surface area contributed by atoms with Gasteiger partial charge in [-0.15, -0.1) is 0 Å². The largest absolute Gasteiger partial charge is 0.491 e. The Balaban J connectivity index is 1.45. The van der Waals surface area contributed by atoms with Crippen LogP contribution in [0.25, 0.3) is 10.8 Å². The van der Waals surface area contributed by atoms with Crippen LogP contribution in [0.2, 0.25) is 0 Å². The second kappa shape index (κ2) is 8.88. The Morgan fingerprint density at radius 1 is 0.875 bits per heavy atom. The first-order valence-corrected chi connectivity index (χ1v) is 11.3. The number of carbonyl (C=O) groups excluding carboxylic acids is 1. The van der Waals surface area contributed by atoms with E-state index >= 15 is 0 Å². The molecule has 0 bridgehead atoms. The number of benzene rings is 4. The molecule has 0 aliphatic carbocycles. The second-order valence-corrected chi connectivity index (χ2v) is 8.39. The molecule has 3 heteroatoms. The fourth-order valence-corrected chi connectivity index (χ4v) is 4.55. The maximum Gasteiger partial charge on any atom is 0.255 e. The Bertz CT molecular complexity index is 1240. The van der Waals surface area contributed by atoms with Crippen LogP contribution in [-0.4, -0.2) is 23.5 Å². The van der Waals surface area contributed by atoms with Gasteiger partial charge in [-0.2, -0.15) is 0 Å². The molecular weight excluding hydrogens is 394 g/mol. The highest BCUT2D eigenvalue weighted by atomic mass is 16.5. The highest BCUT2D eigenvalue weighted by Crippen LogP contribution is 2.28. The first-order valence-electron chi connectivity index (χ1n) is 11.3. The van der Waals surface area contributed by atoms with Crippen molar-refractivity contribution in [2.45, 2.75) is 32.4 Å². The van der Waals surface area contributed by atoms with Crippen LogP contribution >= 0.6 is 0 Å². The van der Waals surface area contributed by atoms with Gasteiger partial charge < -0.3 is 9.64 Å². The van der Waals surface area contributed by atoms with E-state index in [9.17, 15) is 4.79 Å². The zero-order valence-corrected chi connectivity index (χ0v) is 18.3. The summed E-state index contributed by atoms with van der Waals surface area (Å²) in [4.78, 5) is 15.8. The molecule has 4 aromatic carbocycles. The second-order valence-electron chi connectivity index (χ2n) is 8.39. The Morgan fingerprint density at radius 2 is 1.59 bits per heavy atom. The molecule has 0 fully saturated rings. The van der Waals surface area contributed by atoms with Crippen LogP contribution in [0.4, 0.5) is 0 Å². The average molecular weight is 422 g/mol. The van der Waals surface area contributed by atoms with Gasteiger partial charge in [0.05, 0.1) is 6.04 Å². The number of carbonyl (C=O) groups is 1. The van der Waals surface area contributed by atoms with Crippen molar-refractivity contribution in [3.63, 3.8) is 0 Å². The van der Waals surface area contributed by atoms with Gasteiger partial charge in [0, 0.05) is 12.1 Å². The van der Waals surface area contributed by atoms with Crippen molar-refractivity contribution in [2.75, 3.05) is 6.61 Å². The number of nitrogens with zero attached hydrogens (tertiary/aromatic N) is 1. The molecule has 4 aromatic rings. The lowest BCUT2D eigenvalue weighted by Crippen LogP contribution is -2.47. The fourth-order valence-electron chi connectivity index (χ4n) is 4.55. The van der Waals surface area contributed by atoms with Gasteiger partial charge in [-0.1, -0.05) is 79.7 Å². The molecule has 0 unspecified atom stereocenters. The summed E-state index contributed by atoms with van der Waals surface area (Å²) in [6.07, 6.45) is 1.80. The van der Waals surface area contributed by atoms with Crippen molar-refractivity contribution in [1.29, 1.82) is 0 Å². The van der Waals surface area contributed by atoms with Crippen LogP contribution in [0.15, 0.2) is 91.0 Å². The monoisotopic (exact) mass is 421 g/mol. The highest BCUT2D eigenvalue weighted by molar-refractivity contribution is 6.07. The Hall–Kier alpha value is -3.59. The fraction of sp³-hybridized carbons (Fsp3) is 0.207. The normalized spacial score (nSPS) is 15.4. The first-order chi connectivity index (χ1) is 15.7. The van der Waals surface area contributed by atoms with Crippen LogP contribution in [0, 0.1) is 0 Å². The summed E-state index contributed by atoms with van der Waals surface area (Å²) < 4.78 is 6.17. The summed E-state index contributed by atoms with van der Waals surface area (Å²) in [5.41, 5.74) is 4.55. The van der Waals surface area contributed by atoms with E-state index in [-0.39, 0.29) is 11.9 Å². The van der Waals surface area contributed by atoms with Crippen molar-refractivity contribution >= 4 is 16.7 Å². The van der Waals surface area contributed by atoms with E-state index in [0.717, 1.165) is 34.9 Å². The first kappa shape index (κ1) is 20.3. The maximum atomic E-state index is 13.8. The van der Waals surface area contributed by atoms with E-state index < -0.39 is 0 Å². The molecule has 160 valence electrons. The van der Waals surface area contributed by atoms with Crippen LogP contribution in [-0.2, 0) is 19.4 Å². The summed E-state index contributed by atoms with van der Waals surface area (Å²) in [7, 11) is 0. The number of amides is 1. The third-order valence-electron chi connectivity index (χ3n) is 6.41. The summed E-state index contributed by atoms with van der Waals surface area (Å²) in [5, 5.41) is 2.08. The molecule has 1 aliphatic rings. The molecule has 1 heterocycles. The maximum absolute atomic E-state index is 13.8. The van der Waals surface area contributed by atoms with Crippen LogP contribution in [0.3, 0.4) is 0 Å². The lowest BCUT2D eigenvalue weighted by atomic mass is 9.93. The lowest BCUT2D eigenvalue weighted by molar-refractivity contribution is 0.0568. The quantitative estimate of drug-likeness (QED) is 0.393. The van der Waals surface area contributed by atoms with E-state index in [1.54, 1.807) is 0 Å². The van der Waals surface area contributed by atoms with E-state index in [4.69, 9.17) is 4.74 Å². The topological polar surface area (TPSA) is 29.5 Å². The number of rotatable bonds is 5. The van der Waals surface area contributed by atoms with Gasteiger partial charge in [0.2, 0.25) is 0 Å². The lowest BCUT2D eigenvalue weighted by Gasteiger charge is -2.37. The van der Waals surface area contributed by atoms with Crippen molar-refractivity contribution < 1.29 is 9.53 Å².